The fraction of sp³-hybridized carbons (Fsp3) is 0.613. The van der Waals surface area contributed by atoms with Crippen LogP contribution in [-0.2, 0) is 6.42 Å². The summed E-state index contributed by atoms with van der Waals surface area (Å²) in [5.74, 6) is 2.06. The van der Waals surface area contributed by atoms with Crippen LogP contribution in [0, 0.1) is 0 Å². The Hall–Kier alpha value is -1.74. The molecule has 0 aromatic heterocycles. The van der Waals surface area contributed by atoms with Crippen molar-refractivity contribution in [1.29, 1.82) is 0 Å². The van der Waals surface area contributed by atoms with Crippen LogP contribution in [0.5, 0.6) is 11.5 Å². The van der Waals surface area contributed by atoms with Crippen LogP contribution in [-0.4, -0.2) is 14.4 Å². The number of fused-ring (bicyclic) bond motifs is 1. The van der Waals surface area contributed by atoms with Crippen molar-refractivity contribution in [3.05, 3.63) is 58.7 Å². The quantitative estimate of drug-likeness (QED) is 0.231. The molecule has 0 saturated heterocycles. The highest BCUT2D eigenvalue weighted by molar-refractivity contribution is 6.74. The number of benzene rings is 1. The molecule has 0 spiro atoms. The highest BCUT2D eigenvalue weighted by atomic mass is 28.4. The van der Waals surface area contributed by atoms with Gasteiger partial charge in [-0.15, -0.1) is 0 Å². The largest absolute Gasteiger partial charge is 0.543 e. The van der Waals surface area contributed by atoms with E-state index >= 15 is 0 Å². The van der Waals surface area contributed by atoms with Gasteiger partial charge in [-0.05, 0) is 121 Å². The van der Waals surface area contributed by atoms with E-state index in [0.29, 0.717) is 6.10 Å². The summed E-state index contributed by atoms with van der Waals surface area (Å²) in [7, 11) is -1.81. The molecule has 0 N–H and O–H groups in total. The van der Waals surface area contributed by atoms with Gasteiger partial charge in [0, 0.05) is 0 Å². The summed E-state index contributed by atoms with van der Waals surface area (Å²) in [6, 6.07) is 6.43. The zero-order valence-corrected chi connectivity index (χ0v) is 24.5. The first-order chi connectivity index (χ1) is 15.9. The van der Waals surface area contributed by atoms with Crippen LogP contribution in [0.1, 0.15) is 99.0 Å². The highest BCUT2D eigenvalue weighted by Gasteiger charge is 2.39. The first-order valence-corrected chi connectivity index (χ1v) is 16.2. The van der Waals surface area contributed by atoms with Crippen molar-refractivity contribution in [3.63, 3.8) is 0 Å². The number of hydrogen-bond donors (Lipinski definition) is 0. The summed E-state index contributed by atoms with van der Waals surface area (Å²) in [6.07, 6.45) is 16.5. The zero-order chi connectivity index (χ0) is 25.4. The van der Waals surface area contributed by atoms with Gasteiger partial charge >= 0.3 is 0 Å². The van der Waals surface area contributed by atoms with Crippen molar-refractivity contribution in [2.45, 2.75) is 124 Å². The van der Waals surface area contributed by atoms with E-state index in [-0.39, 0.29) is 5.04 Å². The molecule has 3 heteroatoms. The third-order valence-electron chi connectivity index (χ3n) is 7.34. The van der Waals surface area contributed by atoms with E-state index in [2.05, 4.69) is 98.0 Å². The second-order valence-electron chi connectivity index (χ2n) is 11.9. The summed E-state index contributed by atoms with van der Waals surface area (Å²) in [6.45, 7) is 20.3. The second-order valence-corrected chi connectivity index (χ2v) is 16.7. The van der Waals surface area contributed by atoms with Gasteiger partial charge in [0.1, 0.15) is 11.5 Å². The van der Waals surface area contributed by atoms with E-state index in [0.717, 1.165) is 56.4 Å². The Balaban J connectivity index is 1.78. The van der Waals surface area contributed by atoms with Crippen molar-refractivity contribution in [3.8, 4) is 11.5 Å². The lowest BCUT2D eigenvalue weighted by Crippen LogP contribution is -2.43. The average Bonchev–Trinajstić information content (AvgIpc) is 2.72. The molecular formula is C31H50O2Si. The summed E-state index contributed by atoms with van der Waals surface area (Å²) in [5.41, 5.74) is 5.72. The van der Waals surface area contributed by atoms with Crippen LogP contribution in [0.25, 0.3) is 0 Å². The number of hydrogen-bond acceptors (Lipinski definition) is 2. The maximum atomic E-state index is 6.49. The van der Waals surface area contributed by atoms with Gasteiger partial charge in [0.25, 0.3) is 0 Å². The normalized spacial score (nSPS) is 17.1. The molecule has 2 rings (SSSR count). The molecule has 0 fully saturated rings. The molecule has 0 saturated carbocycles. The van der Waals surface area contributed by atoms with Crippen molar-refractivity contribution in [1.82, 2.24) is 0 Å². The topological polar surface area (TPSA) is 18.5 Å². The molecule has 1 aliphatic heterocycles. The van der Waals surface area contributed by atoms with Crippen molar-refractivity contribution < 1.29 is 9.16 Å². The lowest BCUT2D eigenvalue weighted by Gasteiger charge is -2.37. The number of aryl methyl sites for hydroxylation is 1. The van der Waals surface area contributed by atoms with Crippen LogP contribution >= 0.6 is 0 Å². The SMILES string of the molecule is CC(C)=CCC/C(C)=C/CC/C(C)=C/CCC1CCc2cc(O[Si](C)(C)C(C)(C)C)ccc2O1. The molecule has 34 heavy (non-hydrogen) atoms. The third kappa shape index (κ3) is 9.48. The van der Waals surface area contributed by atoms with Crippen molar-refractivity contribution in [2.24, 2.45) is 0 Å². The van der Waals surface area contributed by atoms with Gasteiger partial charge in [-0.1, -0.05) is 55.7 Å². The maximum absolute atomic E-state index is 6.49. The fourth-order valence-corrected chi connectivity index (χ4v) is 5.01. The molecule has 1 aliphatic rings. The number of rotatable bonds is 11. The molecule has 1 aromatic rings. The monoisotopic (exact) mass is 482 g/mol. The van der Waals surface area contributed by atoms with Gasteiger partial charge < -0.3 is 9.16 Å². The lowest BCUT2D eigenvalue weighted by molar-refractivity contribution is 0.165. The Labute approximate surface area is 211 Å². The molecule has 0 radical (unpaired) electrons. The van der Waals surface area contributed by atoms with Gasteiger partial charge in [0.2, 0.25) is 8.32 Å². The minimum absolute atomic E-state index is 0.205. The van der Waals surface area contributed by atoms with Gasteiger partial charge in [0.15, 0.2) is 0 Å². The predicted molar refractivity (Wildman–Crippen MR) is 152 cm³/mol. The Bertz CT molecular complexity index is 879. The van der Waals surface area contributed by atoms with E-state index in [4.69, 9.17) is 9.16 Å². The van der Waals surface area contributed by atoms with Gasteiger partial charge in [-0.25, -0.2) is 0 Å². The maximum Gasteiger partial charge on any atom is 0.250 e. The van der Waals surface area contributed by atoms with Crippen LogP contribution in [0.15, 0.2) is 53.1 Å². The molecule has 2 nitrogen and oxygen atoms in total. The molecule has 0 aliphatic carbocycles. The second kappa shape index (κ2) is 12.8. The predicted octanol–water partition coefficient (Wildman–Crippen LogP) is 9.96. The van der Waals surface area contributed by atoms with E-state index in [1.54, 1.807) is 0 Å². The van der Waals surface area contributed by atoms with Gasteiger partial charge in [-0.2, -0.15) is 0 Å². The van der Waals surface area contributed by atoms with Gasteiger partial charge in [-0.3, -0.25) is 0 Å². The Morgan fingerprint density at radius 3 is 2.21 bits per heavy atom. The molecule has 0 bridgehead atoms. The fourth-order valence-electron chi connectivity index (χ4n) is 3.99. The minimum Gasteiger partial charge on any atom is -0.543 e. The minimum atomic E-state index is -1.81. The van der Waals surface area contributed by atoms with E-state index in [9.17, 15) is 0 Å². The Morgan fingerprint density at radius 2 is 1.59 bits per heavy atom. The lowest BCUT2D eigenvalue weighted by atomic mass is 9.98. The molecule has 1 aromatic carbocycles. The molecular weight excluding hydrogens is 432 g/mol. The van der Waals surface area contributed by atoms with E-state index in [1.165, 1.54) is 28.7 Å². The van der Waals surface area contributed by atoms with Crippen LogP contribution in [0.2, 0.25) is 18.1 Å². The smallest absolute Gasteiger partial charge is 0.250 e. The molecule has 1 unspecified atom stereocenters. The Kier molecular flexibility index (Phi) is 10.7. The third-order valence-corrected chi connectivity index (χ3v) is 11.7. The number of allylic oxidation sites excluding steroid dienone is 6. The molecule has 0 amide bonds. The first-order valence-electron chi connectivity index (χ1n) is 13.3. The summed E-state index contributed by atoms with van der Waals surface area (Å²) < 4.78 is 12.8. The van der Waals surface area contributed by atoms with Crippen LogP contribution in [0.3, 0.4) is 0 Å². The van der Waals surface area contributed by atoms with Gasteiger partial charge in [0.05, 0.1) is 6.10 Å². The van der Waals surface area contributed by atoms with E-state index < -0.39 is 8.32 Å². The average molecular weight is 483 g/mol. The van der Waals surface area contributed by atoms with Crippen LogP contribution < -0.4 is 9.16 Å². The zero-order valence-electron chi connectivity index (χ0n) is 23.5. The summed E-state index contributed by atoms with van der Waals surface area (Å²) >= 11 is 0. The molecule has 1 heterocycles. The molecule has 1 atom stereocenters. The standard InChI is InChI=1S/C31H50O2Si/c1-24(2)13-10-14-25(3)15-11-16-26(4)17-12-18-28-20-19-27-23-29(21-22-30(27)32-28)33-34(8,9)31(5,6)7/h13,15,17,21-23,28H,10-12,14,16,18-20H2,1-9H3/b25-15+,26-17+. The number of ether oxygens (including phenoxy) is 1. The summed E-state index contributed by atoms with van der Waals surface area (Å²) in [4.78, 5) is 0. The van der Waals surface area contributed by atoms with E-state index in [1.807, 2.05) is 0 Å². The molecule has 190 valence electrons. The highest BCUT2D eigenvalue weighted by Crippen LogP contribution is 2.39. The van der Waals surface area contributed by atoms with Crippen molar-refractivity contribution >= 4 is 8.32 Å². The Morgan fingerprint density at radius 1 is 0.971 bits per heavy atom. The summed E-state index contributed by atoms with van der Waals surface area (Å²) in [5, 5.41) is 0.205. The van der Waals surface area contributed by atoms with Crippen molar-refractivity contribution in [2.75, 3.05) is 0 Å². The van der Waals surface area contributed by atoms with Crippen LogP contribution in [0.4, 0.5) is 0 Å². The first kappa shape index (κ1) is 28.5.